The van der Waals surface area contributed by atoms with Crippen LogP contribution in [0.1, 0.15) is 133 Å². The van der Waals surface area contributed by atoms with Crippen LogP contribution in [0.2, 0.25) is 0 Å². The average Bonchev–Trinajstić information content (AvgIpc) is 3.85. The van der Waals surface area contributed by atoms with Gasteiger partial charge in [0.05, 0.1) is 24.9 Å². The number of hydrogen-bond acceptors (Lipinski definition) is 13. The molecule has 6 aliphatic rings. The SMILES string of the molecule is C[C@]12C=CC(=O)C=C1CC[C@@H]1[C@@H]2[C@@H](O)C[C@@]2(C)[C@H]1C[C@H]1O[C@@H](C3CCCCC3)O[C@]12C(=O)COC(=O)CNCc1cc(C(O)CNCCCCCCOCCCCc2ccccc2)ccc1OP(=O)(O)O. The van der Waals surface area contributed by atoms with Crippen molar-refractivity contribution in [3.63, 3.8) is 0 Å². The number of aliphatic hydroxyl groups is 2. The van der Waals surface area contributed by atoms with Crippen LogP contribution in [0.3, 0.4) is 0 Å². The summed E-state index contributed by atoms with van der Waals surface area (Å²) in [6, 6.07) is 15.0. The van der Waals surface area contributed by atoms with Crippen LogP contribution in [-0.2, 0) is 50.9 Å². The molecule has 5 aliphatic carbocycles. The first-order chi connectivity index (χ1) is 34.1. The van der Waals surface area contributed by atoms with E-state index in [1.807, 2.05) is 19.1 Å². The summed E-state index contributed by atoms with van der Waals surface area (Å²) < 4.78 is 42.1. The van der Waals surface area contributed by atoms with Gasteiger partial charge in [-0.25, -0.2) is 4.57 Å². The van der Waals surface area contributed by atoms with Crippen molar-refractivity contribution in [1.29, 1.82) is 0 Å². The highest BCUT2D eigenvalue weighted by Gasteiger charge is 2.76. The average molecular weight is 1010 g/mol. The second kappa shape index (κ2) is 23.7. The van der Waals surface area contributed by atoms with Gasteiger partial charge in [-0.15, -0.1) is 0 Å². The topological polar surface area (TPSA) is 219 Å². The van der Waals surface area contributed by atoms with Crippen LogP contribution in [0.15, 0.2) is 72.3 Å². The molecule has 390 valence electrons. The summed E-state index contributed by atoms with van der Waals surface area (Å²) in [4.78, 5) is 59.9. The van der Waals surface area contributed by atoms with Crippen molar-refractivity contribution in [1.82, 2.24) is 10.6 Å². The number of rotatable bonds is 25. The minimum absolute atomic E-state index is 0.0274. The van der Waals surface area contributed by atoms with Gasteiger partial charge in [0.15, 0.2) is 24.3 Å². The minimum Gasteiger partial charge on any atom is -0.457 e. The normalized spacial score (nSPS) is 30.7. The Kier molecular flexibility index (Phi) is 17.9. The van der Waals surface area contributed by atoms with Gasteiger partial charge in [-0.2, -0.15) is 0 Å². The zero-order valence-corrected chi connectivity index (χ0v) is 42.5. The molecule has 71 heavy (non-hydrogen) atoms. The first-order valence-corrected chi connectivity index (χ1v) is 27.9. The molecule has 5 fully saturated rings. The lowest BCUT2D eigenvalue weighted by Gasteiger charge is -2.59. The van der Waals surface area contributed by atoms with Crippen molar-refractivity contribution in [2.45, 2.75) is 153 Å². The maximum Gasteiger partial charge on any atom is 0.524 e. The van der Waals surface area contributed by atoms with Crippen LogP contribution in [-0.4, -0.2) is 101 Å². The number of carbonyl (C=O) groups excluding carboxylic acids is 3. The molecule has 15 nitrogen and oxygen atoms in total. The van der Waals surface area contributed by atoms with E-state index in [0.717, 1.165) is 109 Å². The predicted molar refractivity (Wildman–Crippen MR) is 266 cm³/mol. The van der Waals surface area contributed by atoms with Crippen LogP contribution < -0.4 is 15.2 Å². The second-order valence-electron chi connectivity index (χ2n) is 21.5. The number of benzene rings is 2. The summed E-state index contributed by atoms with van der Waals surface area (Å²) in [5, 5.41) is 29.5. The quantitative estimate of drug-likeness (QED) is 0.0322. The molecule has 0 spiro atoms. The predicted octanol–water partition coefficient (Wildman–Crippen LogP) is 7.53. The molecule has 2 aromatic carbocycles. The van der Waals surface area contributed by atoms with E-state index in [9.17, 15) is 38.9 Å². The molecule has 6 N–H and O–H groups in total. The van der Waals surface area contributed by atoms with E-state index in [-0.39, 0.29) is 61.3 Å². The van der Waals surface area contributed by atoms with E-state index in [1.54, 1.807) is 24.3 Å². The highest BCUT2D eigenvalue weighted by atomic mass is 31.2. The summed E-state index contributed by atoms with van der Waals surface area (Å²) in [6.07, 6.45) is 17.1. The monoisotopic (exact) mass is 1000 g/mol. The Hall–Kier alpha value is -3.60. The van der Waals surface area contributed by atoms with Crippen LogP contribution >= 0.6 is 7.82 Å². The van der Waals surface area contributed by atoms with E-state index in [4.69, 9.17) is 23.5 Å². The molecular weight excluding hydrogens is 928 g/mol. The number of fused-ring (bicyclic) bond motifs is 7. The molecule has 0 radical (unpaired) electrons. The minimum atomic E-state index is -4.95. The second-order valence-corrected chi connectivity index (χ2v) is 22.7. The zero-order chi connectivity index (χ0) is 50.2. The molecule has 0 aromatic heterocycles. The van der Waals surface area contributed by atoms with Crippen LogP contribution in [0.5, 0.6) is 5.75 Å². The number of esters is 1. The lowest BCUT2D eigenvalue weighted by Crippen LogP contribution is -2.63. The fourth-order valence-electron chi connectivity index (χ4n) is 13.4. The Balaban J connectivity index is 0.821. The summed E-state index contributed by atoms with van der Waals surface area (Å²) in [5.74, 6) is -1.27. The molecule has 8 rings (SSSR count). The Labute approximate surface area is 419 Å². The largest absolute Gasteiger partial charge is 0.524 e. The summed E-state index contributed by atoms with van der Waals surface area (Å²) in [7, 11) is -4.95. The molecule has 1 aliphatic heterocycles. The standard InChI is InChI=1S/C55H77N2O13P/c1-53-25-24-42(58)30-41(53)21-22-43-44-31-49-55(54(44,2)32-45(59)51(43)53,69-52(68-49)38-18-9-6-10-19-38)48(61)36-67-50(62)35-57-33-40-29-39(20-23-47(40)70-71(63,64)65)46(60)34-56-26-12-3-4-13-27-66-28-14-11-17-37-15-7-5-8-16-37/h5,7-8,15-16,20,23-25,29-30,38,43-46,49,51-52,56-57,59-60H,3-4,6,9-14,17-19,21-22,26-28,31-36H2,1-2H3,(H2,63,64,65)/t43-,44-,45-,46?,49+,51+,52+,53-,54-,55+/m0/s1. The van der Waals surface area contributed by atoms with Gasteiger partial charge in [-0.1, -0.05) is 94.0 Å². The van der Waals surface area contributed by atoms with Gasteiger partial charge < -0.3 is 44.3 Å². The van der Waals surface area contributed by atoms with Gasteiger partial charge in [0.2, 0.25) is 5.78 Å². The van der Waals surface area contributed by atoms with Crippen molar-refractivity contribution in [2.24, 2.45) is 34.5 Å². The van der Waals surface area contributed by atoms with E-state index < -0.39 is 67.2 Å². The molecule has 10 atom stereocenters. The Morgan fingerprint density at radius 3 is 2.48 bits per heavy atom. The molecule has 0 amide bonds. The third kappa shape index (κ3) is 12.3. The molecule has 1 saturated heterocycles. The van der Waals surface area contributed by atoms with Crippen molar-refractivity contribution in [3.8, 4) is 5.75 Å². The van der Waals surface area contributed by atoms with Crippen molar-refractivity contribution in [3.05, 3.63) is 89.0 Å². The van der Waals surface area contributed by atoms with Crippen LogP contribution in [0, 0.1) is 34.5 Å². The number of ether oxygens (including phenoxy) is 4. The zero-order valence-electron chi connectivity index (χ0n) is 41.6. The van der Waals surface area contributed by atoms with Gasteiger partial charge in [-0.05, 0) is 124 Å². The highest BCUT2D eigenvalue weighted by molar-refractivity contribution is 7.46. The molecule has 1 heterocycles. The maximum absolute atomic E-state index is 14.9. The summed E-state index contributed by atoms with van der Waals surface area (Å²) in [5.41, 5.74) is 0.438. The lowest BCUT2D eigenvalue weighted by molar-refractivity contribution is -0.210. The third-order valence-electron chi connectivity index (χ3n) is 16.9. The molecule has 4 saturated carbocycles. The number of carbonyl (C=O) groups is 3. The number of aliphatic hydroxyl groups excluding tert-OH is 2. The smallest absolute Gasteiger partial charge is 0.457 e. The van der Waals surface area contributed by atoms with E-state index >= 15 is 0 Å². The highest BCUT2D eigenvalue weighted by Crippen LogP contribution is 2.70. The summed E-state index contributed by atoms with van der Waals surface area (Å²) >= 11 is 0. The number of phosphoric acid groups is 1. The van der Waals surface area contributed by atoms with Crippen LogP contribution in [0.4, 0.5) is 0 Å². The van der Waals surface area contributed by atoms with Crippen molar-refractivity contribution >= 4 is 25.4 Å². The fourth-order valence-corrected chi connectivity index (χ4v) is 13.9. The number of phosphoric ester groups is 1. The Bertz CT molecular complexity index is 2260. The molecule has 16 heteroatoms. The molecule has 2 aromatic rings. The number of aryl methyl sites for hydroxylation is 1. The van der Waals surface area contributed by atoms with Gasteiger partial charge in [0.1, 0.15) is 5.75 Å². The fraction of sp³-hybridized carbons (Fsp3) is 0.655. The summed E-state index contributed by atoms with van der Waals surface area (Å²) in [6.45, 7) is 5.67. The molecule has 0 bridgehead atoms. The number of ketones is 2. The first kappa shape index (κ1) is 53.7. The lowest BCUT2D eigenvalue weighted by atomic mass is 9.46. The number of unbranched alkanes of at least 4 members (excludes halogenated alkanes) is 4. The number of Topliss-reactive ketones (excluding diaryl/α,β-unsaturated/α-hetero) is 1. The van der Waals surface area contributed by atoms with Crippen molar-refractivity contribution in [2.75, 3.05) is 39.5 Å². The van der Waals surface area contributed by atoms with E-state index in [1.165, 1.54) is 11.6 Å². The maximum atomic E-state index is 14.9. The molecular formula is C55H77N2O13P. The number of nitrogens with one attached hydrogen (secondary N) is 2. The number of allylic oxidation sites excluding steroid dienone is 4. The number of hydrogen-bond donors (Lipinski definition) is 6. The van der Waals surface area contributed by atoms with E-state index in [2.05, 4.69) is 41.8 Å². The van der Waals surface area contributed by atoms with E-state index in [0.29, 0.717) is 24.1 Å². The Morgan fingerprint density at radius 2 is 1.70 bits per heavy atom. The van der Waals surface area contributed by atoms with Gasteiger partial charge in [0.25, 0.3) is 0 Å². The Morgan fingerprint density at radius 1 is 0.944 bits per heavy atom. The van der Waals surface area contributed by atoms with Crippen LogP contribution in [0.25, 0.3) is 0 Å². The van der Waals surface area contributed by atoms with Crippen molar-refractivity contribution < 1.29 is 62.4 Å². The molecule has 1 unspecified atom stereocenters. The first-order valence-electron chi connectivity index (χ1n) is 26.3. The third-order valence-corrected chi connectivity index (χ3v) is 17.4. The van der Waals surface area contributed by atoms with Gasteiger partial charge >= 0.3 is 13.8 Å². The van der Waals surface area contributed by atoms with Gasteiger partial charge in [-0.3, -0.25) is 24.2 Å². The van der Waals surface area contributed by atoms with Gasteiger partial charge in [0, 0.05) is 54.5 Å².